The molecule has 1 saturated carbocycles. The normalized spacial score (nSPS) is 27.2. The molecule has 1 fully saturated rings. The van der Waals surface area contributed by atoms with Crippen molar-refractivity contribution in [1.29, 1.82) is 0 Å². The monoisotopic (exact) mass is 256 g/mol. The van der Waals surface area contributed by atoms with Crippen molar-refractivity contribution in [2.45, 2.75) is 25.7 Å². The fourth-order valence-electron chi connectivity index (χ4n) is 2.35. The molecule has 0 saturated heterocycles. The molecule has 2 atom stereocenters. The maximum absolute atomic E-state index is 11.4. The van der Waals surface area contributed by atoms with Gasteiger partial charge in [0.25, 0.3) is 0 Å². The van der Waals surface area contributed by atoms with Crippen LogP contribution in [0.1, 0.15) is 25.7 Å². The molecule has 18 heavy (non-hydrogen) atoms. The van der Waals surface area contributed by atoms with Crippen LogP contribution >= 0.6 is 0 Å². The molecule has 100 valence electrons. The molecule has 0 bridgehead atoms. The SMILES string of the molecule is C=CC(=O)OCC1(C(=O)O)CCCCC1C(=O)O. The van der Waals surface area contributed by atoms with Gasteiger partial charge < -0.3 is 14.9 Å². The third-order valence-electron chi connectivity index (χ3n) is 3.40. The zero-order chi connectivity index (χ0) is 13.8. The van der Waals surface area contributed by atoms with Gasteiger partial charge >= 0.3 is 17.9 Å². The van der Waals surface area contributed by atoms with Gasteiger partial charge in [-0.25, -0.2) is 4.79 Å². The molecule has 0 aliphatic heterocycles. The molecule has 6 nitrogen and oxygen atoms in total. The summed E-state index contributed by atoms with van der Waals surface area (Å²) in [5.74, 6) is -4.16. The van der Waals surface area contributed by atoms with Crippen molar-refractivity contribution in [2.75, 3.05) is 6.61 Å². The van der Waals surface area contributed by atoms with Gasteiger partial charge in [-0.15, -0.1) is 0 Å². The van der Waals surface area contributed by atoms with Crippen LogP contribution in [0.5, 0.6) is 0 Å². The molecule has 0 aromatic heterocycles. The Kier molecular flexibility index (Phi) is 4.47. The number of carboxylic acids is 2. The lowest BCUT2D eigenvalue weighted by molar-refractivity contribution is -0.173. The molecule has 2 unspecified atom stereocenters. The number of hydrogen-bond acceptors (Lipinski definition) is 4. The van der Waals surface area contributed by atoms with Crippen LogP contribution in [-0.4, -0.2) is 34.7 Å². The molecule has 0 aromatic rings. The standard InChI is InChI=1S/C12H16O6/c1-2-9(13)18-7-12(11(16)17)6-4-3-5-8(12)10(14)15/h2,8H,1,3-7H2,(H,14,15)(H,16,17). The van der Waals surface area contributed by atoms with Crippen molar-refractivity contribution in [3.8, 4) is 0 Å². The minimum Gasteiger partial charge on any atom is -0.481 e. The van der Waals surface area contributed by atoms with E-state index in [1.807, 2.05) is 0 Å². The van der Waals surface area contributed by atoms with Crippen LogP contribution in [0.15, 0.2) is 12.7 Å². The predicted octanol–water partition coefficient (Wildman–Crippen LogP) is 1.06. The predicted molar refractivity (Wildman–Crippen MR) is 60.8 cm³/mol. The number of esters is 1. The summed E-state index contributed by atoms with van der Waals surface area (Å²) in [6.45, 7) is 2.78. The quantitative estimate of drug-likeness (QED) is 0.563. The lowest BCUT2D eigenvalue weighted by Crippen LogP contribution is -2.48. The Balaban J connectivity index is 2.95. The van der Waals surface area contributed by atoms with Gasteiger partial charge in [-0.3, -0.25) is 9.59 Å². The van der Waals surface area contributed by atoms with Crippen LogP contribution in [0.3, 0.4) is 0 Å². The number of hydrogen-bond donors (Lipinski definition) is 2. The summed E-state index contributed by atoms with van der Waals surface area (Å²) in [6, 6.07) is 0. The highest BCUT2D eigenvalue weighted by molar-refractivity contribution is 5.85. The highest BCUT2D eigenvalue weighted by atomic mass is 16.5. The molecule has 0 aromatic carbocycles. The van der Waals surface area contributed by atoms with Crippen LogP contribution in [0, 0.1) is 11.3 Å². The van der Waals surface area contributed by atoms with Crippen molar-refractivity contribution in [2.24, 2.45) is 11.3 Å². The van der Waals surface area contributed by atoms with Gasteiger partial charge in [0, 0.05) is 6.08 Å². The Hall–Kier alpha value is -1.85. The fraction of sp³-hybridized carbons (Fsp3) is 0.583. The molecule has 6 heteroatoms. The van der Waals surface area contributed by atoms with E-state index in [0.717, 1.165) is 6.08 Å². The van der Waals surface area contributed by atoms with Gasteiger partial charge in [0.15, 0.2) is 0 Å². The Morgan fingerprint density at radius 1 is 1.33 bits per heavy atom. The van der Waals surface area contributed by atoms with E-state index < -0.39 is 35.8 Å². The smallest absolute Gasteiger partial charge is 0.330 e. The first-order valence-electron chi connectivity index (χ1n) is 5.69. The van der Waals surface area contributed by atoms with Crippen molar-refractivity contribution >= 4 is 17.9 Å². The maximum Gasteiger partial charge on any atom is 0.330 e. The van der Waals surface area contributed by atoms with E-state index in [0.29, 0.717) is 12.8 Å². The minimum atomic E-state index is -1.53. The lowest BCUT2D eigenvalue weighted by Gasteiger charge is -2.37. The second-order valence-electron chi connectivity index (χ2n) is 4.41. The summed E-state index contributed by atoms with van der Waals surface area (Å²) in [7, 11) is 0. The average molecular weight is 256 g/mol. The maximum atomic E-state index is 11.4. The summed E-state index contributed by atoms with van der Waals surface area (Å²) in [6.07, 6.45) is 2.69. The molecular formula is C12H16O6. The van der Waals surface area contributed by atoms with Crippen molar-refractivity contribution in [3.05, 3.63) is 12.7 Å². The Labute approximate surface area is 104 Å². The summed E-state index contributed by atoms with van der Waals surface area (Å²) in [5.41, 5.74) is -1.53. The van der Waals surface area contributed by atoms with Gasteiger partial charge in [0.2, 0.25) is 0 Å². The van der Waals surface area contributed by atoms with Crippen LogP contribution < -0.4 is 0 Å². The number of carbonyl (C=O) groups is 3. The Morgan fingerprint density at radius 2 is 2.00 bits per heavy atom. The molecule has 0 heterocycles. The average Bonchev–Trinajstić information content (AvgIpc) is 2.35. The molecule has 1 aliphatic rings. The van der Waals surface area contributed by atoms with E-state index in [9.17, 15) is 19.5 Å². The first-order valence-corrected chi connectivity index (χ1v) is 5.69. The topological polar surface area (TPSA) is 101 Å². The molecule has 2 N–H and O–H groups in total. The number of rotatable bonds is 5. The van der Waals surface area contributed by atoms with Crippen LogP contribution in [0.25, 0.3) is 0 Å². The third-order valence-corrected chi connectivity index (χ3v) is 3.40. The Morgan fingerprint density at radius 3 is 2.50 bits per heavy atom. The second-order valence-corrected chi connectivity index (χ2v) is 4.41. The van der Waals surface area contributed by atoms with Gasteiger partial charge in [-0.1, -0.05) is 19.4 Å². The van der Waals surface area contributed by atoms with Crippen molar-refractivity contribution < 1.29 is 29.3 Å². The number of ether oxygens (including phenoxy) is 1. The molecule has 1 aliphatic carbocycles. The molecule has 0 radical (unpaired) electrons. The van der Waals surface area contributed by atoms with Gasteiger partial charge in [-0.05, 0) is 12.8 Å². The molecule has 1 rings (SSSR count). The molecule has 0 spiro atoms. The first kappa shape index (κ1) is 14.2. The number of carboxylic acid groups (broad SMARTS) is 2. The van der Waals surface area contributed by atoms with Crippen molar-refractivity contribution in [3.63, 3.8) is 0 Å². The fourth-order valence-corrected chi connectivity index (χ4v) is 2.35. The Bertz CT molecular complexity index is 375. The highest BCUT2D eigenvalue weighted by Gasteiger charge is 2.51. The second kappa shape index (κ2) is 5.66. The summed E-state index contributed by atoms with van der Waals surface area (Å²) in [4.78, 5) is 33.6. The number of aliphatic carboxylic acids is 2. The van der Waals surface area contributed by atoms with Gasteiger partial charge in [-0.2, -0.15) is 0 Å². The summed E-state index contributed by atoms with van der Waals surface area (Å²) < 4.78 is 4.77. The molecular weight excluding hydrogens is 240 g/mol. The van der Waals surface area contributed by atoms with Gasteiger partial charge in [0.05, 0.1) is 5.92 Å². The van der Waals surface area contributed by atoms with Crippen molar-refractivity contribution in [1.82, 2.24) is 0 Å². The van der Waals surface area contributed by atoms with Crippen LogP contribution in [-0.2, 0) is 19.1 Å². The summed E-state index contributed by atoms with van der Waals surface area (Å²) >= 11 is 0. The largest absolute Gasteiger partial charge is 0.481 e. The molecule has 0 amide bonds. The minimum absolute atomic E-state index is 0.198. The van der Waals surface area contributed by atoms with Crippen LogP contribution in [0.2, 0.25) is 0 Å². The van der Waals surface area contributed by atoms with E-state index >= 15 is 0 Å². The van der Waals surface area contributed by atoms with E-state index in [-0.39, 0.29) is 12.8 Å². The highest BCUT2D eigenvalue weighted by Crippen LogP contribution is 2.42. The van der Waals surface area contributed by atoms with E-state index in [1.165, 1.54) is 0 Å². The first-order chi connectivity index (χ1) is 8.44. The van der Waals surface area contributed by atoms with E-state index in [1.54, 1.807) is 0 Å². The zero-order valence-corrected chi connectivity index (χ0v) is 9.92. The van der Waals surface area contributed by atoms with Gasteiger partial charge in [0.1, 0.15) is 12.0 Å². The van der Waals surface area contributed by atoms with Crippen LogP contribution in [0.4, 0.5) is 0 Å². The van der Waals surface area contributed by atoms with E-state index in [2.05, 4.69) is 6.58 Å². The summed E-state index contributed by atoms with van der Waals surface area (Å²) in [5, 5.41) is 18.4. The lowest BCUT2D eigenvalue weighted by atomic mass is 9.66. The number of carbonyl (C=O) groups excluding carboxylic acids is 1. The third kappa shape index (κ3) is 2.69. The zero-order valence-electron chi connectivity index (χ0n) is 9.92. The van der Waals surface area contributed by atoms with E-state index in [4.69, 9.17) is 9.84 Å².